The number of carbonyl (C=O) groups is 2. The Morgan fingerprint density at radius 3 is 2.33 bits per heavy atom. The van der Waals surface area contributed by atoms with Crippen molar-refractivity contribution in [1.82, 2.24) is 20.2 Å². The van der Waals surface area contributed by atoms with E-state index in [9.17, 15) is 9.59 Å². The minimum absolute atomic E-state index is 0.0630. The second-order valence-corrected chi connectivity index (χ2v) is 17.2. The van der Waals surface area contributed by atoms with Crippen LogP contribution in [0.3, 0.4) is 0 Å². The molecule has 2 unspecified atom stereocenters. The van der Waals surface area contributed by atoms with Gasteiger partial charge >= 0.3 is 13.2 Å². The largest absolute Gasteiger partial charge is 0.495 e. The van der Waals surface area contributed by atoms with Gasteiger partial charge in [-0.05, 0) is 123 Å². The third-order valence-corrected chi connectivity index (χ3v) is 13.4. The van der Waals surface area contributed by atoms with E-state index in [1.165, 1.54) is 66.9 Å². The van der Waals surface area contributed by atoms with Crippen LogP contribution in [0.1, 0.15) is 116 Å². The van der Waals surface area contributed by atoms with E-state index in [-0.39, 0.29) is 47.6 Å². The molecule has 1 spiro atoms. The van der Waals surface area contributed by atoms with Crippen LogP contribution in [0.25, 0.3) is 22.4 Å². The lowest BCUT2D eigenvalue weighted by atomic mass is 9.70. The van der Waals surface area contributed by atoms with Gasteiger partial charge in [0.25, 0.3) is 0 Å². The summed E-state index contributed by atoms with van der Waals surface area (Å²) in [7, 11) is 0.972. The molecule has 5 aliphatic rings. The van der Waals surface area contributed by atoms with Gasteiger partial charge in [-0.1, -0.05) is 63.1 Å². The Hall–Kier alpha value is -3.63. The number of fused-ring (bicyclic) bond motifs is 4. The molecule has 2 bridgehead atoms. The van der Waals surface area contributed by atoms with E-state index >= 15 is 0 Å². The van der Waals surface area contributed by atoms with E-state index in [0.29, 0.717) is 5.92 Å². The minimum atomic E-state index is -0.655. The van der Waals surface area contributed by atoms with Crippen molar-refractivity contribution in [3.63, 3.8) is 0 Å². The van der Waals surface area contributed by atoms with Gasteiger partial charge in [-0.15, -0.1) is 0 Å². The number of alkyl carbamates (subject to hydrolysis) is 1. The normalized spacial score (nSPS) is 25.9. The zero-order chi connectivity index (χ0) is 35.9. The van der Waals surface area contributed by atoms with E-state index in [1.807, 2.05) is 24.9 Å². The monoisotopic (exact) mass is 692 g/mol. The van der Waals surface area contributed by atoms with Crippen LogP contribution < -0.4 is 10.8 Å². The highest BCUT2D eigenvalue weighted by Gasteiger charge is 2.54. The number of aromatic amines is 1. The molecule has 3 heterocycles. The quantitative estimate of drug-likeness (QED) is 0.253. The number of nitrogens with one attached hydrogen (secondary N) is 2. The zero-order valence-electron chi connectivity index (χ0n) is 31.3. The van der Waals surface area contributed by atoms with E-state index < -0.39 is 12.1 Å². The summed E-state index contributed by atoms with van der Waals surface area (Å²) in [5.74, 6) is 1.02. The van der Waals surface area contributed by atoms with Crippen molar-refractivity contribution < 1.29 is 23.6 Å². The second-order valence-electron chi connectivity index (χ2n) is 17.2. The predicted octanol–water partition coefficient (Wildman–Crippen LogP) is 7.23. The number of methoxy groups -OCH3 is 1. The van der Waals surface area contributed by atoms with Gasteiger partial charge in [-0.2, -0.15) is 0 Å². The van der Waals surface area contributed by atoms with Crippen molar-refractivity contribution in [2.45, 2.75) is 134 Å². The maximum atomic E-state index is 14.0. The molecular weight excluding hydrogens is 639 g/mol. The number of hydrogen-bond donors (Lipinski definition) is 2. The summed E-state index contributed by atoms with van der Waals surface area (Å²) in [6.07, 6.45) is 11.6. The van der Waals surface area contributed by atoms with Crippen LogP contribution >= 0.6 is 0 Å². The number of rotatable bonds is 7. The van der Waals surface area contributed by atoms with Gasteiger partial charge < -0.3 is 29.2 Å². The number of amides is 2. The molecule has 3 aliphatic carbocycles. The first-order valence-electron chi connectivity index (χ1n) is 19.2. The number of imidazole rings is 1. The van der Waals surface area contributed by atoms with Crippen molar-refractivity contribution in [3.05, 3.63) is 59.5 Å². The number of ether oxygens (including phenoxy) is 1. The van der Waals surface area contributed by atoms with Crippen LogP contribution in [0, 0.1) is 11.8 Å². The topological polar surface area (TPSA) is 106 Å². The van der Waals surface area contributed by atoms with Crippen molar-refractivity contribution in [2.75, 3.05) is 7.11 Å². The summed E-state index contributed by atoms with van der Waals surface area (Å²) in [4.78, 5) is 36.6. The fourth-order valence-electron chi connectivity index (χ4n) is 9.99. The smallest absolute Gasteiger partial charge is 0.453 e. The highest BCUT2D eigenvalue weighted by Crippen LogP contribution is 2.54. The number of benzene rings is 2. The molecular formula is C41H53BN4O5. The molecule has 2 aromatic carbocycles. The Morgan fingerprint density at radius 2 is 1.67 bits per heavy atom. The molecule has 9 nitrogen and oxygen atoms in total. The maximum Gasteiger partial charge on any atom is 0.495 e. The SMILES string of the molecule is COC(=O)N[C@H](C(=O)N1C2CCC(C2)[C@H]1c1ncc(-c2ccc(-c3ccc(B4OC(C)(C)C(C)(C)O4)c4c3C3(CCCC3)CC4)cc2)[nH]1)C(C)C. The van der Waals surface area contributed by atoms with Crippen LogP contribution in [0.4, 0.5) is 4.79 Å². The number of aromatic nitrogens is 2. The Bertz CT molecular complexity index is 1810. The first-order chi connectivity index (χ1) is 24.3. The van der Waals surface area contributed by atoms with Crippen LogP contribution in [0.2, 0.25) is 0 Å². The summed E-state index contributed by atoms with van der Waals surface area (Å²) in [6, 6.07) is 12.8. The zero-order valence-corrected chi connectivity index (χ0v) is 31.3. The fourth-order valence-corrected chi connectivity index (χ4v) is 9.99. The van der Waals surface area contributed by atoms with E-state index in [1.54, 1.807) is 0 Å². The summed E-state index contributed by atoms with van der Waals surface area (Å²) in [6.45, 7) is 12.4. The van der Waals surface area contributed by atoms with E-state index in [4.69, 9.17) is 19.0 Å². The van der Waals surface area contributed by atoms with Gasteiger partial charge in [-0.3, -0.25) is 4.79 Å². The summed E-state index contributed by atoms with van der Waals surface area (Å²) >= 11 is 0. The molecule has 3 aromatic rings. The Kier molecular flexibility index (Phi) is 8.45. The fraction of sp³-hybridized carbons (Fsp3) is 0.585. The molecule has 10 heteroatoms. The first kappa shape index (κ1) is 34.5. The molecule has 2 saturated heterocycles. The van der Waals surface area contributed by atoms with Crippen molar-refractivity contribution >= 4 is 24.6 Å². The average Bonchev–Trinajstić information content (AvgIpc) is 3.97. The van der Waals surface area contributed by atoms with Gasteiger partial charge in [0.15, 0.2) is 0 Å². The van der Waals surface area contributed by atoms with Crippen LogP contribution in [-0.2, 0) is 30.7 Å². The van der Waals surface area contributed by atoms with Gasteiger partial charge in [0.1, 0.15) is 11.9 Å². The lowest BCUT2D eigenvalue weighted by Crippen LogP contribution is -2.54. The van der Waals surface area contributed by atoms with Crippen molar-refractivity contribution in [1.29, 1.82) is 0 Å². The van der Waals surface area contributed by atoms with Crippen LogP contribution in [-0.4, -0.2) is 64.4 Å². The van der Waals surface area contributed by atoms with E-state index in [2.05, 4.69) is 74.4 Å². The number of likely N-dealkylation sites (tertiary alicyclic amines) is 1. The highest BCUT2D eigenvalue weighted by atomic mass is 16.7. The number of carbonyl (C=O) groups excluding carboxylic acids is 2. The number of H-pyrrole nitrogens is 1. The Morgan fingerprint density at radius 1 is 0.980 bits per heavy atom. The third-order valence-electron chi connectivity index (χ3n) is 13.4. The van der Waals surface area contributed by atoms with Gasteiger partial charge in [0, 0.05) is 6.04 Å². The van der Waals surface area contributed by atoms with Gasteiger partial charge in [0.2, 0.25) is 5.91 Å². The molecule has 1 aromatic heterocycles. The first-order valence-corrected chi connectivity index (χ1v) is 19.2. The number of nitrogens with zero attached hydrogens (tertiary/aromatic N) is 2. The lowest BCUT2D eigenvalue weighted by Gasteiger charge is -2.37. The number of hydrogen-bond acceptors (Lipinski definition) is 6. The Balaban J connectivity index is 1.08. The van der Waals surface area contributed by atoms with E-state index in [0.717, 1.165) is 42.8 Å². The van der Waals surface area contributed by atoms with Crippen LogP contribution in [0.15, 0.2) is 42.6 Å². The van der Waals surface area contributed by atoms with Crippen molar-refractivity contribution in [3.8, 4) is 22.4 Å². The van der Waals surface area contributed by atoms with Crippen LogP contribution in [0.5, 0.6) is 0 Å². The molecule has 8 rings (SSSR count). The second kappa shape index (κ2) is 12.5. The van der Waals surface area contributed by atoms with Crippen molar-refractivity contribution in [2.24, 2.45) is 11.8 Å². The summed E-state index contributed by atoms with van der Waals surface area (Å²) in [5.41, 5.74) is 8.19. The standard InChI is InChI=1S/C41H53BN4O5/c1-24(2)34(45-38(48)49-7)37(47)46-28-15-14-27(22-28)35(46)36-43-23-32(44-36)26-12-10-25(11-13-26)29-16-17-31(42-50-39(3,4)40(5,6)51-42)30-18-21-41(33(29)30)19-8-9-20-41/h10-13,16-17,23-24,27-28,34-35H,8-9,14-15,18-22H2,1-7H3,(H,43,44)(H,45,48)/t27?,28?,34-,35-/m0/s1. The molecule has 0 radical (unpaired) electrons. The number of piperidine rings is 1. The summed E-state index contributed by atoms with van der Waals surface area (Å²) < 4.78 is 18.0. The maximum absolute atomic E-state index is 14.0. The van der Waals surface area contributed by atoms with Gasteiger partial charge in [-0.25, -0.2) is 9.78 Å². The average molecular weight is 693 g/mol. The molecule has 2 aliphatic heterocycles. The molecule has 51 heavy (non-hydrogen) atoms. The molecule has 2 N–H and O–H groups in total. The molecule has 270 valence electrons. The lowest BCUT2D eigenvalue weighted by molar-refractivity contribution is -0.139. The third kappa shape index (κ3) is 5.63. The molecule has 2 amide bonds. The summed E-state index contributed by atoms with van der Waals surface area (Å²) in [5, 5.41) is 2.78. The van der Waals surface area contributed by atoms with Gasteiger partial charge in [0.05, 0.1) is 36.2 Å². The highest BCUT2D eigenvalue weighted by molar-refractivity contribution is 6.62. The minimum Gasteiger partial charge on any atom is -0.453 e. The Labute approximate surface area is 302 Å². The molecule has 2 saturated carbocycles. The molecule has 4 atom stereocenters. The predicted molar refractivity (Wildman–Crippen MR) is 199 cm³/mol. The molecule has 4 fully saturated rings.